The molecule has 4 aromatic rings. The highest BCUT2D eigenvalue weighted by molar-refractivity contribution is 9.10. The number of anilines is 1. The largest absolute Gasteiger partial charge is 0.382 e. The number of rotatable bonds is 1. The van der Waals surface area contributed by atoms with Crippen LogP contribution in [-0.2, 0) is 0 Å². The summed E-state index contributed by atoms with van der Waals surface area (Å²) in [6.45, 7) is 0. The van der Waals surface area contributed by atoms with Crippen LogP contribution in [0.1, 0.15) is 0 Å². The van der Waals surface area contributed by atoms with E-state index in [1.165, 1.54) is 17.7 Å². The maximum absolute atomic E-state index is 5.91. The van der Waals surface area contributed by atoms with Gasteiger partial charge in [0.15, 0.2) is 0 Å². The maximum Gasteiger partial charge on any atom is 0.144 e. The van der Waals surface area contributed by atoms with Crippen molar-refractivity contribution < 1.29 is 0 Å². The Kier molecular flexibility index (Phi) is 2.87. The second-order valence-electron chi connectivity index (χ2n) is 4.62. The first-order chi connectivity index (χ1) is 10.2. The second-order valence-corrected chi connectivity index (χ2v) is 6.54. The van der Waals surface area contributed by atoms with Gasteiger partial charge < -0.3 is 5.73 Å². The summed E-state index contributed by atoms with van der Waals surface area (Å²) in [7, 11) is 0. The first kappa shape index (κ1) is 12.7. The average molecular weight is 357 g/mol. The number of benzene rings is 1. The molecule has 2 N–H and O–H groups in total. The number of hydrogen-bond donors (Lipinski definition) is 1. The minimum Gasteiger partial charge on any atom is -0.382 e. The third kappa shape index (κ3) is 2.07. The highest BCUT2D eigenvalue weighted by Crippen LogP contribution is 2.35. The van der Waals surface area contributed by atoms with Gasteiger partial charge >= 0.3 is 0 Å². The van der Waals surface area contributed by atoms with Crippen LogP contribution in [0.3, 0.4) is 0 Å². The van der Waals surface area contributed by atoms with Gasteiger partial charge in [-0.1, -0.05) is 28.1 Å². The maximum atomic E-state index is 5.91. The van der Waals surface area contributed by atoms with Crippen molar-refractivity contribution in [3.63, 3.8) is 0 Å². The van der Waals surface area contributed by atoms with Gasteiger partial charge in [-0.15, -0.1) is 11.3 Å². The summed E-state index contributed by atoms with van der Waals surface area (Å²) in [5.41, 5.74) is 8.96. The number of nitrogens with two attached hydrogens (primary N) is 1. The van der Waals surface area contributed by atoms with Crippen molar-refractivity contribution in [3.8, 4) is 11.1 Å². The Bertz CT molecular complexity index is 963. The van der Waals surface area contributed by atoms with E-state index >= 15 is 0 Å². The van der Waals surface area contributed by atoms with E-state index in [9.17, 15) is 0 Å². The molecule has 0 bridgehead atoms. The van der Waals surface area contributed by atoms with Crippen LogP contribution in [0.25, 0.3) is 31.6 Å². The van der Waals surface area contributed by atoms with Crippen molar-refractivity contribution in [3.05, 3.63) is 47.3 Å². The lowest BCUT2D eigenvalue weighted by molar-refractivity contribution is 1.24. The highest BCUT2D eigenvalue weighted by atomic mass is 79.9. The van der Waals surface area contributed by atoms with E-state index in [0.717, 1.165) is 36.0 Å². The molecule has 0 saturated carbocycles. The van der Waals surface area contributed by atoms with Crippen LogP contribution in [0.4, 0.5) is 5.82 Å². The molecule has 0 aliphatic carbocycles. The minimum atomic E-state index is 0.508. The van der Waals surface area contributed by atoms with Gasteiger partial charge in [-0.3, -0.25) is 0 Å². The van der Waals surface area contributed by atoms with E-state index < -0.39 is 0 Å². The molecule has 0 atom stereocenters. The van der Waals surface area contributed by atoms with Crippen molar-refractivity contribution in [1.29, 1.82) is 0 Å². The number of nitrogen functional groups attached to an aromatic ring is 1. The fourth-order valence-electron chi connectivity index (χ4n) is 2.28. The predicted molar refractivity (Wildman–Crippen MR) is 90.3 cm³/mol. The Morgan fingerprint density at radius 2 is 1.81 bits per heavy atom. The molecule has 102 valence electrons. The molecule has 0 unspecified atom stereocenters. The van der Waals surface area contributed by atoms with E-state index in [-0.39, 0.29) is 0 Å². The fourth-order valence-corrected chi connectivity index (χ4v) is 3.53. The van der Waals surface area contributed by atoms with Gasteiger partial charge in [0.1, 0.15) is 17.0 Å². The fraction of sp³-hybridized carbons (Fsp3) is 0. The molecule has 0 radical (unpaired) electrons. The third-order valence-corrected chi connectivity index (χ3v) is 4.97. The Morgan fingerprint density at radius 3 is 2.62 bits per heavy atom. The molecule has 0 spiro atoms. The van der Waals surface area contributed by atoms with Crippen LogP contribution < -0.4 is 5.73 Å². The zero-order valence-electron chi connectivity index (χ0n) is 10.7. The Hall–Kier alpha value is -2.05. The predicted octanol–water partition coefficient (Wildman–Crippen LogP) is 4.25. The van der Waals surface area contributed by atoms with Crippen molar-refractivity contribution in [2.45, 2.75) is 0 Å². The third-order valence-electron chi connectivity index (χ3n) is 3.31. The van der Waals surface area contributed by atoms with Crippen LogP contribution >= 0.6 is 27.3 Å². The molecular weight excluding hydrogens is 348 g/mol. The lowest BCUT2D eigenvalue weighted by Crippen LogP contribution is -1.89. The van der Waals surface area contributed by atoms with Crippen molar-refractivity contribution in [1.82, 2.24) is 15.0 Å². The quantitative estimate of drug-likeness (QED) is 0.553. The number of pyridine rings is 1. The molecular formula is C15H9BrN4S. The molecule has 21 heavy (non-hydrogen) atoms. The van der Waals surface area contributed by atoms with E-state index in [1.807, 2.05) is 18.3 Å². The van der Waals surface area contributed by atoms with Crippen molar-refractivity contribution in [2.75, 3.05) is 5.73 Å². The number of hydrogen-bond acceptors (Lipinski definition) is 5. The lowest BCUT2D eigenvalue weighted by Gasteiger charge is -2.01. The topological polar surface area (TPSA) is 64.7 Å². The van der Waals surface area contributed by atoms with Crippen LogP contribution in [0.15, 0.2) is 47.3 Å². The van der Waals surface area contributed by atoms with Gasteiger partial charge in [0.2, 0.25) is 0 Å². The molecule has 6 heteroatoms. The smallest absolute Gasteiger partial charge is 0.144 e. The van der Waals surface area contributed by atoms with Crippen LogP contribution in [0, 0.1) is 0 Å². The van der Waals surface area contributed by atoms with Crippen LogP contribution in [-0.4, -0.2) is 15.0 Å². The highest BCUT2D eigenvalue weighted by Gasteiger charge is 2.11. The summed E-state index contributed by atoms with van der Waals surface area (Å²) in [6.07, 6.45) is 3.38. The number of fused-ring (bicyclic) bond motifs is 3. The summed E-state index contributed by atoms with van der Waals surface area (Å²) >= 11 is 4.97. The van der Waals surface area contributed by atoms with Crippen LogP contribution in [0.5, 0.6) is 0 Å². The van der Waals surface area contributed by atoms with Crippen molar-refractivity contribution >= 4 is 53.5 Å². The normalized spacial score (nSPS) is 11.3. The summed E-state index contributed by atoms with van der Waals surface area (Å²) in [4.78, 5) is 13.9. The van der Waals surface area contributed by atoms with Gasteiger partial charge in [-0.2, -0.15) is 0 Å². The summed E-state index contributed by atoms with van der Waals surface area (Å²) < 4.78 is 1.95. The molecule has 1 aromatic carbocycles. The van der Waals surface area contributed by atoms with E-state index in [1.54, 1.807) is 0 Å². The standard InChI is InChI=1S/C15H9BrN4S/c16-10-3-1-8(2-4-10)9-5-11-12-13(14(17)20-7-19-12)21-15(11)18-6-9/h1-7H,(H2,17,19,20). The number of nitrogens with zero attached hydrogens (tertiary/aromatic N) is 3. The zero-order chi connectivity index (χ0) is 14.4. The summed E-state index contributed by atoms with van der Waals surface area (Å²) in [5.74, 6) is 0.508. The van der Waals surface area contributed by atoms with Gasteiger partial charge in [0.05, 0.1) is 10.2 Å². The number of halogens is 1. The van der Waals surface area contributed by atoms with E-state index in [2.05, 4.69) is 49.1 Å². The lowest BCUT2D eigenvalue weighted by atomic mass is 10.1. The van der Waals surface area contributed by atoms with Crippen molar-refractivity contribution in [2.24, 2.45) is 0 Å². The Balaban J connectivity index is 1.99. The van der Waals surface area contributed by atoms with E-state index in [4.69, 9.17) is 5.73 Å². The molecule has 3 heterocycles. The molecule has 0 saturated heterocycles. The van der Waals surface area contributed by atoms with Gasteiger partial charge in [0, 0.05) is 21.6 Å². The minimum absolute atomic E-state index is 0.508. The molecule has 4 nitrogen and oxygen atoms in total. The molecule has 0 aliphatic heterocycles. The molecule has 4 rings (SSSR count). The summed E-state index contributed by atoms with van der Waals surface area (Å²) in [5, 5.41) is 1.02. The average Bonchev–Trinajstić information content (AvgIpc) is 2.87. The SMILES string of the molecule is Nc1ncnc2c1sc1ncc(-c3ccc(Br)cc3)cc12. The van der Waals surface area contributed by atoms with Gasteiger partial charge in [-0.05, 0) is 23.8 Å². The van der Waals surface area contributed by atoms with Gasteiger partial charge in [-0.25, -0.2) is 15.0 Å². The first-order valence-corrected chi connectivity index (χ1v) is 7.88. The number of thiophene rings is 1. The monoisotopic (exact) mass is 356 g/mol. The van der Waals surface area contributed by atoms with E-state index in [0.29, 0.717) is 5.82 Å². The molecule has 0 fully saturated rings. The first-order valence-electron chi connectivity index (χ1n) is 6.27. The van der Waals surface area contributed by atoms with Crippen LogP contribution in [0.2, 0.25) is 0 Å². The number of aromatic nitrogens is 3. The van der Waals surface area contributed by atoms with Gasteiger partial charge in [0.25, 0.3) is 0 Å². The zero-order valence-corrected chi connectivity index (χ0v) is 13.1. The molecule has 0 aliphatic rings. The Labute approximate surface area is 132 Å². The summed E-state index contributed by atoms with van der Waals surface area (Å²) in [6, 6.07) is 10.3. The Morgan fingerprint density at radius 1 is 1.00 bits per heavy atom. The molecule has 0 amide bonds. The molecule has 3 aromatic heterocycles. The second kappa shape index (κ2) is 4.75.